The topological polar surface area (TPSA) is 89.4 Å². The quantitative estimate of drug-likeness (QED) is 0.376. The van der Waals surface area contributed by atoms with Gasteiger partial charge in [0.1, 0.15) is 5.75 Å². The standard InChI is InChI=1S/C26H25N3O4S/c1-17-6-4-5-7-25(17)34(32)28-26(31)19-9-8-18(24(13-19)33-3)12-20-15-29(2)23-11-10-21(27-16-30)14-22(20)23/h4-11,13-16H,12H2,1-3H3,(H,27,30)(H,28,31). The van der Waals surface area contributed by atoms with Crippen LogP contribution in [0.2, 0.25) is 0 Å². The zero-order chi connectivity index (χ0) is 24.2. The van der Waals surface area contributed by atoms with Gasteiger partial charge in [0.25, 0.3) is 5.91 Å². The highest BCUT2D eigenvalue weighted by Crippen LogP contribution is 2.29. The summed E-state index contributed by atoms with van der Waals surface area (Å²) in [5.74, 6) is 0.120. The highest BCUT2D eigenvalue weighted by Gasteiger charge is 2.16. The highest BCUT2D eigenvalue weighted by molar-refractivity contribution is 7.83. The maximum Gasteiger partial charge on any atom is 0.263 e. The molecule has 8 heteroatoms. The van der Waals surface area contributed by atoms with Gasteiger partial charge in [0.15, 0.2) is 11.0 Å². The van der Waals surface area contributed by atoms with Crippen molar-refractivity contribution in [3.05, 3.63) is 89.1 Å². The van der Waals surface area contributed by atoms with E-state index in [9.17, 15) is 13.8 Å². The summed E-state index contributed by atoms with van der Waals surface area (Å²) in [5.41, 5.74) is 4.92. The average Bonchev–Trinajstić information content (AvgIpc) is 3.14. The molecule has 0 saturated carbocycles. The van der Waals surface area contributed by atoms with Crippen molar-refractivity contribution in [2.75, 3.05) is 12.4 Å². The maximum atomic E-state index is 12.8. The summed E-state index contributed by atoms with van der Waals surface area (Å²) >= 11 is 0. The molecule has 1 heterocycles. The molecule has 1 unspecified atom stereocenters. The SMILES string of the molecule is COc1cc(C(=O)NS(=O)c2ccccc2C)ccc1Cc1cn(C)c2ccc(NC=O)cc12. The number of hydrogen-bond acceptors (Lipinski definition) is 4. The number of hydrogen-bond donors (Lipinski definition) is 2. The van der Waals surface area contributed by atoms with E-state index in [2.05, 4.69) is 10.0 Å². The molecule has 7 nitrogen and oxygen atoms in total. The van der Waals surface area contributed by atoms with Crippen LogP contribution in [0.25, 0.3) is 10.9 Å². The largest absolute Gasteiger partial charge is 0.496 e. The lowest BCUT2D eigenvalue weighted by molar-refractivity contribution is -0.105. The van der Waals surface area contributed by atoms with Gasteiger partial charge < -0.3 is 14.6 Å². The first kappa shape index (κ1) is 23.3. The fourth-order valence-corrected chi connectivity index (χ4v) is 4.93. The lowest BCUT2D eigenvalue weighted by Gasteiger charge is -2.12. The van der Waals surface area contributed by atoms with E-state index in [1.807, 2.05) is 61.1 Å². The Labute approximate surface area is 200 Å². The highest BCUT2D eigenvalue weighted by atomic mass is 32.2. The van der Waals surface area contributed by atoms with E-state index in [0.717, 1.165) is 33.3 Å². The summed E-state index contributed by atoms with van der Waals surface area (Å²) in [4.78, 5) is 24.2. The second-order valence-corrected chi connectivity index (χ2v) is 9.11. The van der Waals surface area contributed by atoms with Gasteiger partial charge in [-0.05, 0) is 60.0 Å². The van der Waals surface area contributed by atoms with Crippen LogP contribution in [0.1, 0.15) is 27.0 Å². The summed E-state index contributed by atoms with van der Waals surface area (Å²) in [6.07, 6.45) is 3.27. The second-order valence-electron chi connectivity index (χ2n) is 7.93. The van der Waals surface area contributed by atoms with Crippen LogP contribution in [0.3, 0.4) is 0 Å². The Kier molecular flexibility index (Phi) is 6.79. The zero-order valence-corrected chi connectivity index (χ0v) is 19.9. The molecule has 0 aliphatic carbocycles. The fraction of sp³-hybridized carbons (Fsp3) is 0.154. The second kappa shape index (κ2) is 9.93. The van der Waals surface area contributed by atoms with E-state index in [-0.39, 0.29) is 0 Å². The molecule has 2 amide bonds. The predicted molar refractivity (Wildman–Crippen MR) is 133 cm³/mol. The van der Waals surface area contributed by atoms with Gasteiger partial charge in [0.2, 0.25) is 6.41 Å². The number of rotatable bonds is 8. The van der Waals surface area contributed by atoms with Crippen LogP contribution in [0.15, 0.2) is 71.8 Å². The van der Waals surface area contributed by atoms with E-state index in [1.54, 1.807) is 31.4 Å². The third kappa shape index (κ3) is 4.72. The van der Waals surface area contributed by atoms with Crippen LogP contribution in [-0.2, 0) is 29.2 Å². The van der Waals surface area contributed by atoms with E-state index >= 15 is 0 Å². The number of ether oxygens (including phenoxy) is 1. The Balaban J connectivity index is 1.59. The van der Waals surface area contributed by atoms with E-state index in [0.29, 0.717) is 29.0 Å². The molecule has 4 aromatic rings. The maximum absolute atomic E-state index is 12.8. The van der Waals surface area contributed by atoms with Gasteiger partial charge in [-0.15, -0.1) is 0 Å². The van der Waals surface area contributed by atoms with Crippen molar-refractivity contribution in [3.8, 4) is 5.75 Å². The smallest absolute Gasteiger partial charge is 0.263 e. The van der Waals surface area contributed by atoms with Crippen LogP contribution in [0.5, 0.6) is 5.75 Å². The predicted octanol–water partition coefficient (Wildman–Crippen LogP) is 4.11. The zero-order valence-electron chi connectivity index (χ0n) is 19.1. The van der Waals surface area contributed by atoms with E-state index < -0.39 is 16.9 Å². The van der Waals surface area contributed by atoms with Crippen molar-refractivity contribution in [2.24, 2.45) is 7.05 Å². The van der Waals surface area contributed by atoms with Crippen molar-refractivity contribution >= 4 is 39.9 Å². The average molecular weight is 476 g/mol. The third-order valence-electron chi connectivity index (χ3n) is 5.71. The van der Waals surface area contributed by atoms with Gasteiger partial charge in [-0.3, -0.25) is 14.3 Å². The van der Waals surface area contributed by atoms with Crippen molar-refractivity contribution in [2.45, 2.75) is 18.2 Å². The Bertz CT molecular complexity index is 1410. The number of nitrogens with one attached hydrogen (secondary N) is 2. The molecule has 0 radical (unpaired) electrons. The van der Waals surface area contributed by atoms with Crippen molar-refractivity contribution in [1.82, 2.24) is 9.29 Å². The molecule has 0 aliphatic rings. The number of aromatic nitrogens is 1. The number of benzene rings is 3. The molecule has 2 N–H and O–H groups in total. The molecule has 4 rings (SSSR count). The first-order valence-electron chi connectivity index (χ1n) is 10.6. The van der Waals surface area contributed by atoms with Crippen LogP contribution < -0.4 is 14.8 Å². The van der Waals surface area contributed by atoms with Crippen LogP contribution in [0.4, 0.5) is 5.69 Å². The summed E-state index contributed by atoms with van der Waals surface area (Å²) in [6, 6.07) is 18.2. The fourth-order valence-electron chi connectivity index (χ4n) is 3.97. The molecule has 0 saturated heterocycles. The first-order valence-corrected chi connectivity index (χ1v) is 11.8. The molecule has 0 spiro atoms. The van der Waals surface area contributed by atoms with Gasteiger partial charge in [-0.25, -0.2) is 4.21 Å². The Morgan fingerprint density at radius 1 is 1.09 bits per heavy atom. The van der Waals surface area contributed by atoms with Crippen LogP contribution >= 0.6 is 0 Å². The third-order valence-corrected chi connectivity index (χ3v) is 6.93. The molecule has 1 aromatic heterocycles. The number of aryl methyl sites for hydroxylation is 2. The summed E-state index contributed by atoms with van der Waals surface area (Å²) in [6.45, 7) is 1.85. The van der Waals surface area contributed by atoms with Gasteiger partial charge in [-0.1, -0.05) is 24.3 Å². The van der Waals surface area contributed by atoms with Crippen LogP contribution in [-0.4, -0.2) is 28.2 Å². The Morgan fingerprint density at radius 3 is 2.62 bits per heavy atom. The molecule has 174 valence electrons. The van der Waals surface area contributed by atoms with Crippen molar-refractivity contribution in [1.29, 1.82) is 0 Å². The van der Waals surface area contributed by atoms with Gasteiger partial charge >= 0.3 is 0 Å². The number of carbonyl (C=O) groups is 2. The monoisotopic (exact) mass is 475 g/mol. The minimum Gasteiger partial charge on any atom is -0.496 e. The summed E-state index contributed by atoms with van der Waals surface area (Å²) in [5, 5.41) is 3.71. The van der Waals surface area contributed by atoms with E-state index in [1.165, 1.54) is 0 Å². The van der Waals surface area contributed by atoms with Crippen molar-refractivity contribution in [3.63, 3.8) is 0 Å². The van der Waals surface area contributed by atoms with Gasteiger partial charge in [0, 0.05) is 41.8 Å². The molecular formula is C26H25N3O4S. The molecule has 0 aliphatic heterocycles. The Morgan fingerprint density at radius 2 is 1.88 bits per heavy atom. The molecule has 0 bridgehead atoms. The molecule has 34 heavy (non-hydrogen) atoms. The number of fused-ring (bicyclic) bond motifs is 1. The van der Waals surface area contributed by atoms with Gasteiger partial charge in [0.05, 0.1) is 12.0 Å². The number of anilines is 1. The minimum atomic E-state index is -1.66. The molecule has 3 aromatic carbocycles. The van der Waals surface area contributed by atoms with Gasteiger partial charge in [-0.2, -0.15) is 0 Å². The van der Waals surface area contributed by atoms with Crippen molar-refractivity contribution < 1.29 is 18.5 Å². The number of carbonyl (C=O) groups excluding carboxylic acids is 2. The minimum absolute atomic E-state index is 0.359. The number of methoxy groups -OCH3 is 1. The molecular weight excluding hydrogens is 450 g/mol. The number of nitrogens with zero attached hydrogens (tertiary/aromatic N) is 1. The molecule has 1 atom stereocenters. The Hall–Kier alpha value is -3.91. The lowest BCUT2D eigenvalue weighted by atomic mass is 10.0. The summed E-state index contributed by atoms with van der Waals surface area (Å²) < 4.78 is 22.8. The summed E-state index contributed by atoms with van der Waals surface area (Å²) in [7, 11) is 1.86. The first-order chi connectivity index (χ1) is 16.4. The van der Waals surface area contributed by atoms with E-state index in [4.69, 9.17) is 4.74 Å². The number of amides is 2. The lowest BCUT2D eigenvalue weighted by Crippen LogP contribution is -2.26. The van der Waals surface area contributed by atoms with Crippen LogP contribution in [0, 0.1) is 6.92 Å². The normalized spacial score (nSPS) is 11.7. The molecule has 0 fully saturated rings.